The summed E-state index contributed by atoms with van der Waals surface area (Å²) in [5, 5.41) is 5.71. The first-order valence-corrected chi connectivity index (χ1v) is 10.9. The predicted molar refractivity (Wildman–Crippen MR) is 117 cm³/mol. The zero-order valence-electron chi connectivity index (χ0n) is 18.7. The number of carbonyl (C=O) groups excluding carboxylic acids is 1. The van der Waals surface area contributed by atoms with Crippen molar-refractivity contribution >= 4 is 17.7 Å². The van der Waals surface area contributed by atoms with E-state index in [0.29, 0.717) is 58.1 Å². The Morgan fingerprint density at radius 2 is 1.82 bits per heavy atom. The maximum Gasteiger partial charge on any atom is 0.421 e. The molecule has 0 atom stereocenters. The van der Waals surface area contributed by atoms with Crippen LogP contribution in [0.15, 0.2) is 23.3 Å². The number of aromatic amines is 1. The van der Waals surface area contributed by atoms with Crippen molar-refractivity contribution in [2.45, 2.75) is 39.3 Å². The molecule has 1 aliphatic rings. The highest BCUT2D eigenvalue weighted by Crippen LogP contribution is 2.28. The highest BCUT2D eigenvalue weighted by atomic mass is 19.4. The Morgan fingerprint density at radius 1 is 1.15 bits per heavy atom. The van der Waals surface area contributed by atoms with Crippen LogP contribution in [-0.4, -0.2) is 70.2 Å². The molecule has 2 aromatic heterocycles. The molecule has 2 aromatic rings. The molecule has 0 saturated carbocycles. The number of nitrogens with zero attached hydrogens (tertiary/aromatic N) is 6. The fourth-order valence-corrected chi connectivity index (χ4v) is 3.66. The fourth-order valence-electron chi connectivity index (χ4n) is 3.66. The minimum absolute atomic E-state index is 0.00123. The molecule has 0 bridgehead atoms. The Morgan fingerprint density at radius 3 is 2.42 bits per heavy atom. The Kier molecular flexibility index (Phi) is 7.88. The number of halogens is 3. The smallest absolute Gasteiger partial charge is 0.355 e. The van der Waals surface area contributed by atoms with Gasteiger partial charge in [0.2, 0.25) is 11.9 Å². The monoisotopic (exact) mass is 467 g/mol. The number of hydrogen-bond donors (Lipinski definition) is 1. The van der Waals surface area contributed by atoms with Crippen LogP contribution in [0.3, 0.4) is 0 Å². The number of carbonyl (C=O) groups is 1. The molecule has 9 nitrogen and oxygen atoms in total. The number of anilines is 2. The number of aromatic nitrogens is 4. The molecule has 1 amide bonds. The molecule has 1 fully saturated rings. The van der Waals surface area contributed by atoms with Crippen LogP contribution >= 0.6 is 0 Å². The molecule has 1 aliphatic heterocycles. The van der Waals surface area contributed by atoms with Crippen LogP contribution < -0.4 is 15.4 Å². The SMILES string of the molecule is CCCN(CCCC(=O)N1CCN(c2ncc(C)cn2)CC1)c1cc(C(F)(F)F)c(=O)[nH]n1. The highest BCUT2D eigenvalue weighted by molar-refractivity contribution is 5.76. The van der Waals surface area contributed by atoms with Crippen molar-refractivity contribution in [2.75, 3.05) is 49.1 Å². The van der Waals surface area contributed by atoms with Gasteiger partial charge < -0.3 is 14.7 Å². The second kappa shape index (κ2) is 10.6. The maximum absolute atomic E-state index is 13.1. The van der Waals surface area contributed by atoms with E-state index in [4.69, 9.17) is 0 Å². The van der Waals surface area contributed by atoms with E-state index in [1.807, 2.05) is 23.8 Å². The van der Waals surface area contributed by atoms with Crippen LogP contribution in [-0.2, 0) is 11.0 Å². The van der Waals surface area contributed by atoms with Crippen molar-refractivity contribution < 1.29 is 18.0 Å². The van der Waals surface area contributed by atoms with Gasteiger partial charge in [-0.1, -0.05) is 6.92 Å². The Balaban J connectivity index is 1.52. The van der Waals surface area contributed by atoms with Crippen LogP contribution in [0.1, 0.15) is 37.3 Å². The second-order valence-corrected chi connectivity index (χ2v) is 7.99. The largest absolute Gasteiger partial charge is 0.421 e. The van der Waals surface area contributed by atoms with Gasteiger partial charge in [-0.3, -0.25) is 9.59 Å². The average Bonchev–Trinajstić information content (AvgIpc) is 2.79. The molecule has 0 aliphatic carbocycles. The van der Waals surface area contributed by atoms with E-state index >= 15 is 0 Å². The van der Waals surface area contributed by atoms with Gasteiger partial charge in [0.15, 0.2) is 0 Å². The van der Waals surface area contributed by atoms with Crippen molar-refractivity contribution in [3.8, 4) is 0 Å². The summed E-state index contributed by atoms with van der Waals surface area (Å²) in [5.74, 6) is 0.693. The molecule has 3 rings (SSSR count). The van der Waals surface area contributed by atoms with E-state index in [1.165, 1.54) is 0 Å². The number of hydrogen-bond acceptors (Lipinski definition) is 7. The Bertz CT molecular complexity index is 987. The normalized spacial score (nSPS) is 14.5. The number of H-pyrrole nitrogens is 1. The molecular weight excluding hydrogens is 439 g/mol. The van der Waals surface area contributed by atoms with Gasteiger partial charge in [-0.05, 0) is 25.3 Å². The highest BCUT2D eigenvalue weighted by Gasteiger charge is 2.35. The van der Waals surface area contributed by atoms with Crippen molar-refractivity contribution in [2.24, 2.45) is 0 Å². The molecule has 33 heavy (non-hydrogen) atoms. The van der Waals surface area contributed by atoms with Gasteiger partial charge in [-0.25, -0.2) is 15.1 Å². The number of alkyl halides is 3. The van der Waals surface area contributed by atoms with E-state index in [0.717, 1.165) is 11.6 Å². The summed E-state index contributed by atoms with van der Waals surface area (Å²) < 4.78 is 39.2. The first-order chi connectivity index (χ1) is 15.7. The van der Waals surface area contributed by atoms with E-state index in [1.54, 1.807) is 22.2 Å². The van der Waals surface area contributed by atoms with Gasteiger partial charge >= 0.3 is 6.18 Å². The number of aryl methyl sites for hydroxylation is 1. The van der Waals surface area contributed by atoms with Crippen molar-refractivity contribution in [3.05, 3.63) is 39.9 Å². The van der Waals surface area contributed by atoms with E-state index in [9.17, 15) is 22.8 Å². The molecule has 3 heterocycles. The Labute approximate surface area is 189 Å². The van der Waals surface area contributed by atoms with Crippen LogP contribution in [0.2, 0.25) is 0 Å². The summed E-state index contributed by atoms with van der Waals surface area (Å²) in [6.45, 7) is 7.02. The first-order valence-electron chi connectivity index (χ1n) is 10.9. The molecule has 1 N–H and O–H groups in total. The van der Waals surface area contributed by atoms with E-state index in [-0.39, 0.29) is 18.1 Å². The summed E-state index contributed by atoms with van der Waals surface area (Å²) >= 11 is 0. The topological polar surface area (TPSA) is 98.3 Å². The summed E-state index contributed by atoms with van der Waals surface area (Å²) in [6.07, 6.45) is 0.177. The minimum Gasteiger partial charge on any atom is -0.355 e. The number of amides is 1. The van der Waals surface area contributed by atoms with Crippen molar-refractivity contribution in [1.29, 1.82) is 0 Å². The lowest BCUT2D eigenvalue weighted by molar-refractivity contribution is -0.138. The van der Waals surface area contributed by atoms with Gasteiger partial charge in [-0.15, -0.1) is 0 Å². The average molecular weight is 467 g/mol. The summed E-state index contributed by atoms with van der Waals surface area (Å²) in [4.78, 5) is 38.2. The first kappa shape index (κ1) is 24.5. The quantitative estimate of drug-likeness (QED) is 0.636. The lowest BCUT2D eigenvalue weighted by atomic mass is 10.2. The van der Waals surface area contributed by atoms with Crippen LogP contribution in [0.4, 0.5) is 24.9 Å². The summed E-state index contributed by atoms with van der Waals surface area (Å²) in [5.41, 5.74) is -1.57. The van der Waals surface area contributed by atoms with Crippen LogP contribution in [0.25, 0.3) is 0 Å². The molecule has 0 aromatic carbocycles. The third kappa shape index (κ3) is 6.42. The van der Waals surface area contributed by atoms with Gasteiger partial charge in [0.25, 0.3) is 5.56 Å². The lowest BCUT2D eigenvalue weighted by Crippen LogP contribution is -2.49. The fraction of sp³-hybridized carbons (Fsp3) is 0.571. The number of rotatable bonds is 8. The number of nitrogens with one attached hydrogen (secondary N) is 1. The molecule has 180 valence electrons. The number of piperazine rings is 1. The van der Waals surface area contributed by atoms with Gasteiger partial charge in [0, 0.05) is 64.1 Å². The molecule has 0 unspecified atom stereocenters. The van der Waals surface area contributed by atoms with Crippen molar-refractivity contribution in [3.63, 3.8) is 0 Å². The molecule has 1 saturated heterocycles. The third-order valence-electron chi connectivity index (χ3n) is 5.41. The van der Waals surface area contributed by atoms with Gasteiger partial charge in [-0.2, -0.15) is 18.3 Å². The molecule has 0 radical (unpaired) electrons. The van der Waals surface area contributed by atoms with Crippen LogP contribution in [0, 0.1) is 6.92 Å². The predicted octanol–water partition coefficient (Wildman–Crippen LogP) is 2.23. The standard InChI is InChI=1S/C21H28F3N7O2/c1-3-6-29(17-12-16(21(22,23)24)19(33)28-27-17)7-4-5-18(32)30-8-10-31(11-9-30)20-25-13-15(2)14-26-20/h12-14H,3-11H2,1-2H3,(H,28,33). The third-order valence-corrected chi connectivity index (χ3v) is 5.41. The Hall–Kier alpha value is -3.18. The van der Waals surface area contributed by atoms with Gasteiger partial charge in [0.05, 0.1) is 0 Å². The molecular formula is C21H28F3N7O2. The molecule has 12 heteroatoms. The van der Waals surface area contributed by atoms with Crippen molar-refractivity contribution in [1.82, 2.24) is 25.1 Å². The second-order valence-electron chi connectivity index (χ2n) is 7.99. The minimum atomic E-state index is -4.76. The lowest BCUT2D eigenvalue weighted by Gasteiger charge is -2.35. The summed E-state index contributed by atoms with van der Waals surface area (Å²) in [6, 6.07) is 0.767. The molecule has 0 spiro atoms. The maximum atomic E-state index is 13.1. The van der Waals surface area contributed by atoms with E-state index < -0.39 is 17.3 Å². The van der Waals surface area contributed by atoms with Gasteiger partial charge in [0.1, 0.15) is 11.4 Å². The van der Waals surface area contributed by atoms with E-state index in [2.05, 4.69) is 15.1 Å². The van der Waals surface area contributed by atoms with Crippen LogP contribution in [0.5, 0.6) is 0 Å². The zero-order chi connectivity index (χ0) is 24.0. The summed E-state index contributed by atoms with van der Waals surface area (Å²) in [7, 11) is 0. The zero-order valence-corrected chi connectivity index (χ0v) is 18.7.